The lowest BCUT2D eigenvalue weighted by atomic mass is 9.98. The first-order chi connectivity index (χ1) is 12.4. The summed E-state index contributed by atoms with van der Waals surface area (Å²) in [5, 5.41) is 0. The van der Waals surface area contributed by atoms with Crippen molar-refractivity contribution >= 4 is 23.5 Å². The number of halogens is 4. The van der Waals surface area contributed by atoms with Gasteiger partial charge in [0.1, 0.15) is 16.9 Å². The second-order valence-electron chi connectivity index (χ2n) is 6.63. The van der Waals surface area contributed by atoms with Crippen LogP contribution in [0.1, 0.15) is 37.6 Å². The van der Waals surface area contributed by atoms with Gasteiger partial charge in [-0.05, 0) is 20.8 Å². The van der Waals surface area contributed by atoms with Gasteiger partial charge in [0, 0.05) is 24.6 Å². The summed E-state index contributed by atoms with van der Waals surface area (Å²) in [7, 11) is 0. The number of amides is 2. The topological polar surface area (TPSA) is 89.7 Å². The molecular formula is C17H16F4N2O4. The minimum atomic E-state index is -1.98. The molecule has 0 fully saturated rings. The molecule has 0 saturated heterocycles. The number of benzene rings is 1. The van der Waals surface area contributed by atoms with E-state index in [0.717, 1.165) is 17.1 Å². The van der Waals surface area contributed by atoms with Crippen molar-refractivity contribution in [2.24, 2.45) is 0 Å². The number of rotatable bonds is 5. The van der Waals surface area contributed by atoms with Crippen LogP contribution in [0.15, 0.2) is 12.2 Å². The fraction of sp³-hybridized carbons (Fsp3) is 0.353. The van der Waals surface area contributed by atoms with Gasteiger partial charge in [-0.3, -0.25) is 14.5 Å². The predicted molar refractivity (Wildman–Crippen MR) is 85.3 cm³/mol. The van der Waals surface area contributed by atoms with Crippen molar-refractivity contribution in [1.82, 2.24) is 4.90 Å². The van der Waals surface area contributed by atoms with Crippen molar-refractivity contribution in [2.75, 3.05) is 5.73 Å². The molecule has 6 nitrogen and oxygen atoms in total. The zero-order chi connectivity index (χ0) is 20.7. The maximum Gasteiger partial charge on any atom is 0.344 e. The Labute approximate surface area is 151 Å². The number of ether oxygens (including phenoxy) is 1. The Kier molecular flexibility index (Phi) is 5.30. The average Bonchev–Trinajstić information content (AvgIpc) is 2.89. The molecule has 1 heterocycles. The smallest absolute Gasteiger partial charge is 0.344 e. The van der Waals surface area contributed by atoms with Crippen molar-refractivity contribution < 1.29 is 36.7 Å². The fourth-order valence-corrected chi connectivity index (χ4v) is 2.82. The number of anilines is 1. The molecule has 2 rings (SSSR count). The first kappa shape index (κ1) is 20.4. The van der Waals surface area contributed by atoms with Gasteiger partial charge in [-0.2, -0.15) is 0 Å². The Morgan fingerprint density at radius 2 is 1.52 bits per heavy atom. The van der Waals surface area contributed by atoms with Crippen molar-refractivity contribution in [3.63, 3.8) is 0 Å². The maximum absolute atomic E-state index is 13.9. The molecular weight excluding hydrogens is 372 g/mol. The molecule has 0 saturated carbocycles. The van der Waals surface area contributed by atoms with Gasteiger partial charge in [-0.1, -0.05) is 0 Å². The van der Waals surface area contributed by atoms with Crippen LogP contribution in [0, 0.1) is 23.3 Å². The monoisotopic (exact) mass is 388 g/mol. The zero-order valence-electron chi connectivity index (χ0n) is 14.6. The number of carbonyl (C=O) groups is 3. The molecule has 1 aromatic carbocycles. The number of hydrogen-bond acceptors (Lipinski definition) is 5. The summed E-state index contributed by atoms with van der Waals surface area (Å²) < 4.78 is 59.8. The van der Waals surface area contributed by atoms with Crippen LogP contribution in [-0.4, -0.2) is 34.3 Å². The van der Waals surface area contributed by atoms with E-state index >= 15 is 0 Å². The lowest BCUT2D eigenvalue weighted by Gasteiger charge is -2.31. The molecule has 1 aliphatic rings. The highest BCUT2D eigenvalue weighted by Crippen LogP contribution is 2.29. The zero-order valence-corrected chi connectivity index (χ0v) is 14.6. The van der Waals surface area contributed by atoms with E-state index in [1.807, 2.05) is 0 Å². The molecule has 0 aliphatic carbocycles. The van der Waals surface area contributed by atoms with Gasteiger partial charge in [0.2, 0.25) is 0 Å². The highest BCUT2D eigenvalue weighted by atomic mass is 19.2. The molecule has 1 unspecified atom stereocenters. The first-order valence-corrected chi connectivity index (χ1v) is 7.77. The van der Waals surface area contributed by atoms with E-state index in [-0.39, 0.29) is 6.42 Å². The summed E-state index contributed by atoms with van der Waals surface area (Å²) in [6.07, 6.45) is 2.05. The summed E-state index contributed by atoms with van der Waals surface area (Å²) in [5.74, 6) is -10.6. The minimum absolute atomic E-state index is 0.0962. The van der Waals surface area contributed by atoms with Crippen LogP contribution in [0.5, 0.6) is 0 Å². The summed E-state index contributed by atoms with van der Waals surface area (Å²) in [5.41, 5.74) is 0.491. The lowest BCUT2D eigenvalue weighted by Crippen LogP contribution is -2.43. The van der Waals surface area contributed by atoms with Crippen molar-refractivity contribution in [3.05, 3.63) is 41.0 Å². The number of esters is 1. The summed E-state index contributed by atoms with van der Waals surface area (Å²) >= 11 is 0. The van der Waals surface area contributed by atoms with E-state index in [4.69, 9.17) is 10.5 Å². The van der Waals surface area contributed by atoms with Gasteiger partial charge in [0.15, 0.2) is 23.3 Å². The van der Waals surface area contributed by atoms with Gasteiger partial charge in [-0.25, -0.2) is 22.4 Å². The molecule has 1 aromatic rings. The number of nitrogens with two attached hydrogens (primary N) is 1. The highest BCUT2D eigenvalue weighted by molar-refractivity contribution is 6.13. The largest absolute Gasteiger partial charge is 0.456 e. The van der Waals surface area contributed by atoms with Crippen LogP contribution in [0.3, 0.4) is 0 Å². The van der Waals surface area contributed by atoms with Crippen LogP contribution in [0.25, 0.3) is 0 Å². The SMILES string of the molecule is CC(CC(C)(C)OC(=O)c1c(F)c(F)c(N)c(F)c1F)N1C(=O)C=CC1=O. The summed E-state index contributed by atoms with van der Waals surface area (Å²) in [6, 6.07) is -0.725. The Hall–Kier alpha value is -2.91. The summed E-state index contributed by atoms with van der Waals surface area (Å²) in [4.78, 5) is 36.4. The number of nitrogen functional groups attached to an aromatic ring is 1. The van der Waals surface area contributed by atoms with Gasteiger partial charge in [0.25, 0.3) is 11.8 Å². The molecule has 1 atom stereocenters. The molecule has 2 N–H and O–H groups in total. The van der Waals surface area contributed by atoms with Crippen LogP contribution in [0.2, 0.25) is 0 Å². The highest BCUT2D eigenvalue weighted by Gasteiger charge is 2.36. The quantitative estimate of drug-likeness (QED) is 0.275. The second kappa shape index (κ2) is 7.01. The van der Waals surface area contributed by atoms with E-state index in [1.54, 1.807) is 0 Å². The molecule has 0 aromatic heterocycles. The normalized spacial score (nSPS) is 15.4. The molecule has 27 heavy (non-hydrogen) atoms. The van der Waals surface area contributed by atoms with Gasteiger partial charge in [0.05, 0.1) is 0 Å². The van der Waals surface area contributed by atoms with E-state index in [2.05, 4.69) is 0 Å². The van der Waals surface area contributed by atoms with Crippen LogP contribution in [0.4, 0.5) is 23.2 Å². The van der Waals surface area contributed by atoms with Crippen LogP contribution >= 0.6 is 0 Å². The maximum atomic E-state index is 13.9. The van der Waals surface area contributed by atoms with Crippen molar-refractivity contribution in [3.8, 4) is 0 Å². The van der Waals surface area contributed by atoms with Gasteiger partial charge >= 0.3 is 5.97 Å². The third-order valence-electron chi connectivity index (χ3n) is 3.94. The molecule has 0 bridgehead atoms. The average molecular weight is 388 g/mol. The Morgan fingerprint density at radius 1 is 1.07 bits per heavy atom. The number of imide groups is 1. The molecule has 0 radical (unpaired) electrons. The first-order valence-electron chi connectivity index (χ1n) is 7.77. The van der Waals surface area contributed by atoms with Crippen LogP contribution in [-0.2, 0) is 14.3 Å². The van der Waals surface area contributed by atoms with E-state index in [9.17, 15) is 31.9 Å². The third-order valence-corrected chi connectivity index (χ3v) is 3.94. The number of carbonyl (C=O) groups excluding carboxylic acids is 3. The van der Waals surface area contributed by atoms with Gasteiger partial charge < -0.3 is 10.5 Å². The van der Waals surface area contributed by atoms with Crippen LogP contribution < -0.4 is 5.73 Å². The number of nitrogens with zero attached hydrogens (tertiary/aromatic N) is 1. The molecule has 146 valence electrons. The Balaban J connectivity index is 2.22. The lowest BCUT2D eigenvalue weighted by molar-refractivity contribution is -0.140. The second-order valence-corrected chi connectivity index (χ2v) is 6.63. The van der Waals surface area contributed by atoms with Crippen molar-refractivity contribution in [1.29, 1.82) is 0 Å². The van der Waals surface area contributed by atoms with E-state index in [0.29, 0.717) is 0 Å². The van der Waals surface area contributed by atoms with Crippen molar-refractivity contribution in [2.45, 2.75) is 38.8 Å². The summed E-state index contributed by atoms with van der Waals surface area (Å²) in [6.45, 7) is 4.20. The fourth-order valence-electron chi connectivity index (χ4n) is 2.82. The third kappa shape index (κ3) is 3.79. The van der Waals surface area contributed by atoms with E-state index in [1.165, 1.54) is 20.8 Å². The predicted octanol–water partition coefficient (Wildman–Crippen LogP) is 2.46. The molecule has 2 amide bonds. The minimum Gasteiger partial charge on any atom is -0.456 e. The molecule has 1 aliphatic heterocycles. The van der Waals surface area contributed by atoms with Gasteiger partial charge in [-0.15, -0.1) is 0 Å². The molecule has 0 spiro atoms. The van der Waals surface area contributed by atoms with E-state index < -0.39 is 63.9 Å². The standard InChI is InChI=1S/C17H16F4N2O4/c1-7(23-8(24)4-5-9(23)25)6-17(2,3)27-16(26)10-11(18)13(20)15(22)14(21)12(10)19/h4-5,7H,6,22H2,1-3H3. The Bertz CT molecular complexity index is 820. The molecule has 10 heteroatoms. The number of hydrogen-bond donors (Lipinski definition) is 1. The Morgan fingerprint density at radius 3 is 1.96 bits per heavy atom.